The average molecular weight is 269 g/mol. The quantitative estimate of drug-likeness (QED) is 0.928. The van der Waals surface area contributed by atoms with Crippen LogP contribution in [-0.4, -0.2) is 4.98 Å². The fourth-order valence-electron chi connectivity index (χ4n) is 1.63. The van der Waals surface area contributed by atoms with Crippen molar-refractivity contribution in [3.8, 4) is 0 Å². The number of halogens is 3. The van der Waals surface area contributed by atoms with Crippen molar-refractivity contribution in [3.05, 3.63) is 64.4 Å². The molecule has 1 aromatic carbocycles. The van der Waals surface area contributed by atoms with Gasteiger partial charge in [-0.05, 0) is 36.2 Å². The van der Waals surface area contributed by atoms with Gasteiger partial charge in [-0.15, -0.1) is 0 Å². The Balaban J connectivity index is 2.13. The van der Waals surface area contributed by atoms with Crippen LogP contribution >= 0.6 is 11.6 Å². The second-order valence-electron chi connectivity index (χ2n) is 3.96. The Bertz CT molecular complexity index is 543. The van der Waals surface area contributed by atoms with Gasteiger partial charge in [0, 0.05) is 0 Å². The largest absolute Gasteiger partial charge is 0.322 e. The second-order valence-corrected chi connectivity index (χ2v) is 4.37. The first-order valence-electron chi connectivity index (χ1n) is 5.37. The van der Waals surface area contributed by atoms with Crippen LogP contribution in [-0.2, 0) is 6.42 Å². The third-order valence-corrected chi connectivity index (χ3v) is 2.86. The lowest BCUT2D eigenvalue weighted by Gasteiger charge is -2.11. The van der Waals surface area contributed by atoms with E-state index < -0.39 is 11.6 Å². The fraction of sp³-hybridized carbons (Fsp3) is 0.154. The highest BCUT2D eigenvalue weighted by atomic mass is 35.5. The molecule has 0 radical (unpaired) electrons. The number of nitrogens with zero attached hydrogens (tertiary/aromatic N) is 1. The molecule has 94 valence electrons. The van der Waals surface area contributed by atoms with Crippen LogP contribution in [0.4, 0.5) is 8.78 Å². The lowest BCUT2D eigenvalue weighted by molar-refractivity contribution is 0.611. The Labute approximate surface area is 108 Å². The molecule has 2 N–H and O–H groups in total. The summed E-state index contributed by atoms with van der Waals surface area (Å²) in [5.41, 5.74) is 7.33. The van der Waals surface area contributed by atoms with Gasteiger partial charge in [0.15, 0.2) is 0 Å². The average Bonchev–Trinajstić information content (AvgIpc) is 2.34. The Morgan fingerprint density at radius 3 is 2.61 bits per heavy atom. The summed E-state index contributed by atoms with van der Waals surface area (Å²) in [6, 6.07) is 6.89. The number of hydrogen-bond donors (Lipinski definition) is 1. The van der Waals surface area contributed by atoms with Crippen molar-refractivity contribution in [1.82, 2.24) is 4.98 Å². The van der Waals surface area contributed by atoms with E-state index >= 15 is 0 Å². The summed E-state index contributed by atoms with van der Waals surface area (Å²) in [7, 11) is 0. The molecule has 0 aliphatic heterocycles. The molecule has 0 aliphatic rings. The fourth-order valence-corrected chi connectivity index (χ4v) is 1.83. The molecular weight excluding hydrogens is 258 g/mol. The summed E-state index contributed by atoms with van der Waals surface area (Å²) in [5.74, 6) is -0.871. The zero-order valence-electron chi connectivity index (χ0n) is 9.41. The number of nitrogens with two attached hydrogens (primary N) is 1. The van der Waals surface area contributed by atoms with Crippen LogP contribution in [0.5, 0.6) is 0 Å². The summed E-state index contributed by atoms with van der Waals surface area (Å²) >= 11 is 5.68. The van der Waals surface area contributed by atoms with Crippen LogP contribution in [0.3, 0.4) is 0 Å². The van der Waals surface area contributed by atoms with Gasteiger partial charge in [0.05, 0.1) is 23.0 Å². The van der Waals surface area contributed by atoms with E-state index in [1.807, 2.05) is 0 Å². The van der Waals surface area contributed by atoms with Crippen LogP contribution in [0.15, 0.2) is 36.5 Å². The molecule has 1 atom stereocenters. The summed E-state index contributed by atoms with van der Waals surface area (Å²) < 4.78 is 25.7. The Morgan fingerprint density at radius 2 is 2.00 bits per heavy atom. The maximum atomic E-state index is 13.0. The number of hydrogen-bond acceptors (Lipinski definition) is 2. The summed E-state index contributed by atoms with van der Waals surface area (Å²) in [6.07, 6.45) is 1.57. The van der Waals surface area contributed by atoms with Crippen LogP contribution in [0.2, 0.25) is 5.02 Å². The van der Waals surface area contributed by atoms with E-state index in [9.17, 15) is 8.78 Å². The van der Waals surface area contributed by atoms with E-state index in [0.29, 0.717) is 12.1 Å². The third-order valence-electron chi connectivity index (χ3n) is 2.57. The van der Waals surface area contributed by atoms with E-state index in [1.165, 1.54) is 24.3 Å². The van der Waals surface area contributed by atoms with E-state index in [-0.39, 0.29) is 11.1 Å². The minimum atomic E-state index is -0.464. The molecule has 0 bridgehead atoms. The van der Waals surface area contributed by atoms with Crippen LogP contribution in [0.25, 0.3) is 0 Å². The van der Waals surface area contributed by atoms with Gasteiger partial charge in [-0.2, -0.15) is 0 Å². The first-order valence-corrected chi connectivity index (χ1v) is 5.75. The van der Waals surface area contributed by atoms with Crippen molar-refractivity contribution in [1.29, 1.82) is 0 Å². The summed E-state index contributed by atoms with van der Waals surface area (Å²) in [4.78, 5) is 3.91. The number of benzene rings is 1. The van der Waals surface area contributed by atoms with Crippen molar-refractivity contribution in [2.75, 3.05) is 0 Å². The Hall–Kier alpha value is -1.52. The van der Waals surface area contributed by atoms with Crippen molar-refractivity contribution in [2.24, 2.45) is 5.73 Å². The highest BCUT2D eigenvalue weighted by molar-refractivity contribution is 6.30. The third kappa shape index (κ3) is 3.03. The standard InChI is InChI=1S/C13H11ClF2N2/c14-10-5-8(1-3-11(10)16)6-12(17)13-4-2-9(15)7-18-13/h1-5,7,12H,6,17H2. The van der Waals surface area contributed by atoms with Gasteiger partial charge in [0.25, 0.3) is 0 Å². The molecule has 2 aromatic rings. The predicted molar refractivity (Wildman–Crippen MR) is 66.2 cm³/mol. The van der Waals surface area contributed by atoms with Crippen LogP contribution in [0, 0.1) is 11.6 Å². The molecule has 2 rings (SSSR count). The normalized spacial score (nSPS) is 12.4. The number of pyridine rings is 1. The maximum absolute atomic E-state index is 13.0. The van der Waals surface area contributed by atoms with Gasteiger partial charge in [-0.1, -0.05) is 17.7 Å². The lowest BCUT2D eigenvalue weighted by atomic mass is 10.0. The molecule has 0 saturated heterocycles. The van der Waals surface area contributed by atoms with Crippen molar-refractivity contribution in [3.63, 3.8) is 0 Å². The van der Waals surface area contributed by atoms with Crippen LogP contribution < -0.4 is 5.73 Å². The van der Waals surface area contributed by atoms with Gasteiger partial charge in [0.2, 0.25) is 0 Å². The monoisotopic (exact) mass is 268 g/mol. The molecule has 18 heavy (non-hydrogen) atoms. The molecule has 1 unspecified atom stereocenters. The van der Waals surface area contributed by atoms with Gasteiger partial charge in [-0.25, -0.2) is 8.78 Å². The van der Waals surface area contributed by atoms with Gasteiger partial charge in [-0.3, -0.25) is 4.98 Å². The maximum Gasteiger partial charge on any atom is 0.141 e. The minimum Gasteiger partial charge on any atom is -0.322 e. The van der Waals surface area contributed by atoms with Gasteiger partial charge < -0.3 is 5.73 Å². The molecule has 0 fully saturated rings. The lowest BCUT2D eigenvalue weighted by Crippen LogP contribution is -2.15. The van der Waals surface area contributed by atoms with Crippen molar-refractivity contribution >= 4 is 11.6 Å². The highest BCUT2D eigenvalue weighted by Gasteiger charge is 2.10. The number of rotatable bonds is 3. The smallest absolute Gasteiger partial charge is 0.141 e. The first-order chi connectivity index (χ1) is 8.56. The SMILES string of the molecule is NC(Cc1ccc(F)c(Cl)c1)c1ccc(F)cn1. The first kappa shape index (κ1) is 12.9. The van der Waals surface area contributed by atoms with E-state index in [2.05, 4.69) is 4.98 Å². The molecule has 0 saturated carbocycles. The zero-order valence-corrected chi connectivity index (χ0v) is 10.2. The molecule has 1 heterocycles. The van der Waals surface area contributed by atoms with Gasteiger partial charge in [0.1, 0.15) is 11.6 Å². The highest BCUT2D eigenvalue weighted by Crippen LogP contribution is 2.20. The summed E-state index contributed by atoms with van der Waals surface area (Å²) in [5, 5.41) is 0.0618. The summed E-state index contributed by atoms with van der Waals surface area (Å²) in [6.45, 7) is 0. The van der Waals surface area contributed by atoms with Crippen molar-refractivity contribution < 1.29 is 8.78 Å². The number of aromatic nitrogens is 1. The van der Waals surface area contributed by atoms with Crippen molar-refractivity contribution in [2.45, 2.75) is 12.5 Å². The molecule has 0 aliphatic carbocycles. The molecule has 0 amide bonds. The predicted octanol–water partition coefficient (Wildman–Crippen LogP) is 3.26. The topological polar surface area (TPSA) is 38.9 Å². The van der Waals surface area contributed by atoms with E-state index in [1.54, 1.807) is 6.07 Å². The molecule has 2 nitrogen and oxygen atoms in total. The zero-order chi connectivity index (χ0) is 13.1. The molecule has 0 spiro atoms. The minimum absolute atomic E-state index is 0.0618. The molecular formula is C13H11ClF2N2. The van der Waals surface area contributed by atoms with Gasteiger partial charge >= 0.3 is 0 Å². The Morgan fingerprint density at radius 1 is 1.22 bits per heavy atom. The molecule has 1 aromatic heterocycles. The van der Waals surface area contributed by atoms with E-state index in [0.717, 1.165) is 11.8 Å². The second kappa shape index (κ2) is 5.42. The van der Waals surface area contributed by atoms with Crippen LogP contribution in [0.1, 0.15) is 17.3 Å². The molecule has 5 heteroatoms. The van der Waals surface area contributed by atoms with E-state index in [4.69, 9.17) is 17.3 Å². The Kier molecular flexibility index (Phi) is 3.89.